The molecule has 0 saturated carbocycles. The van der Waals surface area contributed by atoms with E-state index in [0.717, 1.165) is 23.6 Å². The Morgan fingerprint density at radius 3 is 2.21 bits per heavy atom. The van der Waals surface area contributed by atoms with Crippen LogP contribution in [0.5, 0.6) is 5.75 Å². The van der Waals surface area contributed by atoms with Gasteiger partial charge in [0.05, 0.1) is 5.69 Å². The number of aromatic hydroxyl groups is 1. The molecular formula is C26H34F2N4O. The molecule has 0 aliphatic heterocycles. The number of anilines is 2. The van der Waals surface area contributed by atoms with Crippen molar-refractivity contribution >= 4 is 17.2 Å². The van der Waals surface area contributed by atoms with E-state index >= 15 is 0 Å². The lowest BCUT2D eigenvalue weighted by Crippen LogP contribution is -2.24. The normalized spacial score (nSPS) is 10.4. The molecule has 3 aromatic rings. The van der Waals surface area contributed by atoms with Crippen molar-refractivity contribution in [3.05, 3.63) is 89.0 Å². The molecule has 0 spiro atoms. The van der Waals surface area contributed by atoms with Crippen molar-refractivity contribution in [2.45, 2.75) is 40.2 Å². The molecule has 7 heteroatoms. The van der Waals surface area contributed by atoms with Gasteiger partial charge in [0.25, 0.3) is 0 Å². The Balaban J connectivity index is 0.000000335. The van der Waals surface area contributed by atoms with Gasteiger partial charge in [-0.3, -0.25) is 4.99 Å². The Morgan fingerprint density at radius 1 is 0.970 bits per heavy atom. The number of phenols is 1. The van der Waals surface area contributed by atoms with Crippen LogP contribution >= 0.6 is 0 Å². The number of benzene rings is 3. The topological polar surface area (TPSA) is 96.7 Å². The van der Waals surface area contributed by atoms with Crippen molar-refractivity contribution in [1.82, 2.24) is 5.32 Å². The summed E-state index contributed by atoms with van der Waals surface area (Å²) in [5.41, 5.74) is 14.3. The van der Waals surface area contributed by atoms with E-state index in [-0.39, 0.29) is 11.4 Å². The highest BCUT2D eigenvalue weighted by molar-refractivity contribution is 6.02. The van der Waals surface area contributed by atoms with Crippen LogP contribution in [0.4, 0.5) is 20.2 Å². The molecule has 0 aliphatic rings. The Hall–Kier alpha value is -3.61. The van der Waals surface area contributed by atoms with Gasteiger partial charge in [-0.15, -0.1) is 0 Å². The molecule has 0 unspecified atom stereocenters. The first-order chi connectivity index (χ1) is 15.9. The highest BCUT2D eigenvalue weighted by Gasteiger charge is 2.08. The Labute approximate surface area is 195 Å². The van der Waals surface area contributed by atoms with Crippen molar-refractivity contribution < 1.29 is 13.9 Å². The van der Waals surface area contributed by atoms with Crippen LogP contribution in [-0.4, -0.2) is 18.0 Å². The second-order valence-corrected chi connectivity index (χ2v) is 6.85. The summed E-state index contributed by atoms with van der Waals surface area (Å²) in [6.07, 6.45) is 1.44. The summed E-state index contributed by atoms with van der Waals surface area (Å²) in [5, 5.41) is 12.9. The van der Waals surface area contributed by atoms with E-state index in [2.05, 4.69) is 10.3 Å². The van der Waals surface area contributed by atoms with Crippen LogP contribution in [-0.2, 0) is 13.0 Å². The molecule has 5 nitrogen and oxygen atoms in total. The molecule has 0 amide bonds. The van der Waals surface area contributed by atoms with E-state index < -0.39 is 11.6 Å². The quantitative estimate of drug-likeness (QED) is 0.226. The number of amidine groups is 1. The van der Waals surface area contributed by atoms with Crippen LogP contribution < -0.4 is 16.8 Å². The molecule has 0 bridgehead atoms. The second-order valence-electron chi connectivity index (χ2n) is 6.85. The number of nitrogens with one attached hydrogen (secondary N) is 1. The standard InChI is InChI=1S/C15H17N3O.C9H11F2N.C2H6/c1-17-15(12-7-3-4-8-13(12)16)18-10-11-6-2-5-9-14(11)19;1-2-3-6-4-7(10)5-8(11)9(6)12;1-2/h2-9,19H,10,16H2,1H3,(H,17,18);4-5H,2-3,12H2,1H3;1-2H3. The summed E-state index contributed by atoms with van der Waals surface area (Å²) >= 11 is 0. The smallest absolute Gasteiger partial charge is 0.149 e. The highest BCUT2D eigenvalue weighted by atomic mass is 19.1. The fourth-order valence-electron chi connectivity index (χ4n) is 2.96. The van der Waals surface area contributed by atoms with Crippen LogP contribution in [0.2, 0.25) is 0 Å². The summed E-state index contributed by atoms with van der Waals surface area (Å²) in [4.78, 5) is 4.21. The Morgan fingerprint density at radius 2 is 1.61 bits per heavy atom. The van der Waals surface area contributed by atoms with E-state index in [1.807, 2.05) is 57.2 Å². The number of para-hydroxylation sites is 2. The molecule has 0 saturated heterocycles. The summed E-state index contributed by atoms with van der Waals surface area (Å²) in [6.45, 7) is 6.43. The number of hydrogen-bond donors (Lipinski definition) is 4. The van der Waals surface area contributed by atoms with Crippen LogP contribution in [0.1, 0.15) is 43.9 Å². The molecule has 0 aliphatic carbocycles. The molecule has 0 fully saturated rings. The van der Waals surface area contributed by atoms with E-state index in [1.165, 1.54) is 6.07 Å². The molecule has 0 radical (unpaired) electrons. The molecule has 178 valence electrons. The van der Waals surface area contributed by atoms with Crippen LogP contribution in [0.25, 0.3) is 0 Å². The van der Waals surface area contributed by atoms with Crippen LogP contribution in [0.15, 0.2) is 65.7 Å². The van der Waals surface area contributed by atoms with Gasteiger partial charge >= 0.3 is 0 Å². The largest absolute Gasteiger partial charge is 0.508 e. The third-order valence-electron chi connectivity index (χ3n) is 4.58. The van der Waals surface area contributed by atoms with Gasteiger partial charge in [-0.25, -0.2) is 8.78 Å². The fourth-order valence-corrected chi connectivity index (χ4v) is 2.96. The van der Waals surface area contributed by atoms with Crippen molar-refractivity contribution in [2.75, 3.05) is 18.5 Å². The maximum absolute atomic E-state index is 12.8. The fraction of sp³-hybridized carbons (Fsp3) is 0.269. The van der Waals surface area contributed by atoms with Crippen LogP contribution in [0.3, 0.4) is 0 Å². The number of halogens is 2. The van der Waals surface area contributed by atoms with E-state index in [9.17, 15) is 13.9 Å². The van der Waals surface area contributed by atoms with Gasteiger partial charge < -0.3 is 21.9 Å². The summed E-state index contributed by atoms with van der Waals surface area (Å²) in [5.74, 6) is -0.253. The van der Waals surface area contributed by atoms with Crippen molar-refractivity contribution in [1.29, 1.82) is 0 Å². The zero-order valence-electron chi connectivity index (χ0n) is 19.7. The average Bonchev–Trinajstić information content (AvgIpc) is 2.81. The first kappa shape index (κ1) is 27.4. The SMILES string of the molecule is CC.CCCc1cc(F)cc(F)c1N.CN=C(NCc1ccccc1O)c1ccccc1N. The number of aryl methyl sites for hydroxylation is 1. The number of nitrogen functional groups attached to an aromatic ring is 2. The molecule has 0 atom stereocenters. The lowest BCUT2D eigenvalue weighted by Gasteiger charge is -2.12. The Kier molecular flexibility index (Phi) is 12.0. The zero-order chi connectivity index (χ0) is 24.8. The summed E-state index contributed by atoms with van der Waals surface area (Å²) in [6, 6.07) is 16.8. The van der Waals surface area contributed by atoms with Crippen molar-refractivity contribution in [2.24, 2.45) is 4.99 Å². The number of nitrogens with zero attached hydrogens (tertiary/aromatic N) is 1. The summed E-state index contributed by atoms with van der Waals surface area (Å²) in [7, 11) is 1.71. The molecular weight excluding hydrogens is 422 g/mol. The number of rotatable bonds is 5. The molecule has 3 aromatic carbocycles. The maximum Gasteiger partial charge on any atom is 0.149 e. The maximum atomic E-state index is 12.8. The van der Waals surface area contributed by atoms with Gasteiger partial charge in [-0.05, 0) is 36.2 Å². The zero-order valence-corrected chi connectivity index (χ0v) is 19.7. The number of phenolic OH excluding ortho intramolecular Hbond substituents is 1. The predicted octanol–water partition coefficient (Wildman–Crippen LogP) is 5.67. The highest BCUT2D eigenvalue weighted by Crippen LogP contribution is 2.19. The lowest BCUT2D eigenvalue weighted by molar-refractivity contribution is 0.467. The van der Waals surface area contributed by atoms with Gasteiger partial charge in [0, 0.05) is 36.5 Å². The molecule has 0 aromatic heterocycles. The summed E-state index contributed by atoms with van der Waals surface area (Å²) < 4.78 is 25.4. The minimum absolute atomic E-state index is 0.0678. The first-order valence-electron chi connectivity index (χ1n) is 10.9. The third-order valence-corrected chi connectivity index (χ3v) is 4.58. The van der Waals surface area contributed by atoms with Gasteiger partial charge in [0.15, 0.2) is 0 Å². The van der Waals surface area contributed by atoms with Gasteiger partial charge in [0.1, 0.15) is 23.2 Å². The Bertz CT molecular complexity index is 1040. The number of hydrogen-bond acceptors (Lipinski definition) is 4. The average molecular weight is 457 g/mol. The number of aliphatic imine (C=N–C) groups is 1. The second kappa shape index (κ2) is 14.5. The first-order valence-corrected chi connectivity index (χ1v) is 10.9. The minimum atomic E-state index is -0.668. The van der Waals surface area contributed by atoms with E-state index in [4.69, 9.17) is 11.5 Å². The van der Waals surface area contributed by atoms with Gasteiger partial charge in [-0.1, -0.05) is 57.5 Å². The monoisotopic (exact) mass is 456 g/mol. The molecule has 0 heterocycles. The lowest BCUT2D eigenvalue weighted by atomic mass is 10.1. The molecule has 6 N–H and O–H groups in total. The van der Waals surface area contributed by atoms with Crippen molar-refractivity contribution in [3.63, 3.8) is 0 Å². The van der Waals surface area contributed by atoms with E-state index in [1.54, 1.807) is 19.2 Å². The van der Waals surface area contributed by atoms with Gasteiger partial charge in [0.2, 0.25) is 0 Å². The van der Waals surface area contributed by atoms with Gasteiger partial charge in [-0.2, -0.15) is 0 Å². The van der Waals surface area contributed by atoms with Crippen LogP contribution in [0, 0.1) is 11.6 Å². The predicted molar refractivity (Wildman–Crippen MR) is 134 cm³/mol. The third kappa shape index (κ3) is 8.44. The minimum Gasteiger partial charge on any atom is -0.508 e. The molecule has 33 heavy (non-hydrogen) atoms. The number of nitrogens with two attached hydrogens (primary N) is 2. The van der Waals surface area contributed by atoms with E-state index in [0.29, 0.717) is 30.1 Å². The molecule has 3 rings (SSSR count). The van der Waals surface area contributed by atoms with Crippen molar-refractivity contribution in [3.8, 4) is 5.75 Å².